The van der Waals surface area contributed by atoms with E-state index in [2.05, 4.69) is 31.1 Å². The number of pyridine rings is 1. The van der Waals surface area contributed by atoms with E-state index in [9.17, 15) is 0 Å². The SMILES string of the molecule is Nc1ncc2ccccc2c1N=Nc1ccc(Br)cc1. The van der Waals surface area contributed by atoms with Crippen LogP contribution in [-0.2, 0) is 0 Å². The molecule has 98 valence electrons. The maximum absolute atomic E-state index is 5.90. The number of halogens is 1. The Hall–Kier alpha value is -2.27. The maximum Gasteiger partial charge on any atom is 0.151 e. The molecule has 0 saturated heterocycles. The van der Waals surface area contributed by atoms with Crippen molar-refractivity contribution in [2.75, 3.05) is 5.73 Å². The number of nitrogen functional groups attached to an aromatic ring is 1. The number of fused-ring (bicyclic) bond motifs is 1. The summed E-state index contributed by atoms with van der Waals surface area (Å²) < 4.78 is 1.00. The molecule has 3 rings (SSSR count). The molecule has 0 amide bonds. The molecule has 5 heteroatoms. The van der Waals surface area contributed by atoms with Gasteiger partial charge in [-0.15, -0.1) is 5.11 Å². The molecule has 4 nitrogen and oxygen atoms in total. The van der Waals surface area contributed by atoms with Crippen LogP contribution < -0.4 is 5.73 Å². The second-order valence-corrected chi connectivity index (χ2v) is 5.17. The summed E-state index contributed by atoms with van der Waals surface area (Å²) in [6.07, 6.45) is 1.74. The van der Waals surface area contributed by atoms with Gasteiger partial charge in [0.15, 0.2) is 5.82 Å². The lowest BCUT2D eigenvalue weighted by Crippen LogP contribution is -1.90. The lowest BCUT2D eigenvalue weighted by Gasteiger charge is -2.03. The summed E-state index contributed by atoms with van der Waals surface area (Å²) in [5.41, 5.74) is 7.27. The smallest absolute Gasteiger partial charge is 0.151 e. The van der Waals surface area contributed by atoms with Crippen molar-refractivity contribution in [1.82, 2.24) is 4.98 Å². The van der Waals surface area contributed by atoms with Crippen LogP contribution in [0.1, 0.15) is 0 Å². The standard InChI is InChI=1S/C15H11BrN4/c16-11-5-7-12(8-6-11)19-20-14-13-4-2-1-3-10(13)9-18-15(14)17/h1-9H,(H2,17,18). The third kappa shape index (κ3) is 2.53. The summed E-state index contributed by atoms with van der Waals surface area (Å²) in [6, 6.07) is 15.4. The van der Waals surface area contributed by atoms with Crippen LogP contribution in [0.2, 0.25) is 0 Å². The molecule has 2 N–H and O–H groups in total. The van der Waals surface area contributed by atoms with E-state index in [0.717, 1.165) is 20.9 Å². The fourth-order valence-electron chi connectivity index (χ4n) is 1.88. The van der Waals surface area contributed by atoms with E-state index in [1.165, 1.54) is 0 Å². The Morgan fingerprint density at radius 3 is 2.50 bits per heavy atom. The topological polar surface area (TPSA) is 63.6 Å². The molecule has 2 aromatic carbocycles. The largest absolute Gasteiger partial charge is 0.382 e. The zero-order valence-corrected chi connectivity index (χ0v) is 12.1. The molecule has 0 radical (unpaired) electrons. The van der Waals surface area contributed by atoms with Crippen LogP contribution in [-0.4, -0.2) is 4.98 Å². The van der Waals surface area contributed by atoms with Crippen molar-refractivity contribution >= 4 is 43.9 Å². The first-order chi connectivity index (χ1) is 9.74. The minimum Gasteiger partial charge on any atom is -0.382 e. The number of rotatable bonds is 2. The van der Waals surface area contributed by atoms with Crippen molar-refractivity contribution in [1.29, 1.82) is 0 Å². The van der Waals surface area contributed by atoms with E-state index in [-0.39, 0.29) is 0 Å². The van der Waals surface area contributed by atoms with E-state index in [4.69, 9.17) is 5.73 Å². The van der Waals surface area contributed by atoms with Crippen LogP contribution in [0.25, 0.3) is 10.8 Å². The molecule has 1 heterocycles. The van der Waals surface area contributed by atoms with Crippen LogP contribution in [0.5, 0.6) is 0 Å². The zero-order valence-electron chi connectivity index (χ0n) is 10.5. The third-order valence-electron chi connectivity index (χ3n) is 2.89. The number of aromatic nitrogens is 1. The van der Waals surface area contributed by atoms with Gasteiger partial charge >= 0.3 is 0 Å². The van der Waals surface area contributed by atoms with E-state index >= 15 is 0 Å². The molecular weight excluding hydrogens is 316 g/mol. The minimum atomic E-state index is 0.379. The first-order valence-electron chi connectivity index (χ1n) is 6.04. The molecular formula is C15H11BrN4. The molecule has 0 aliphatic carbocycles. The van der Waals surface area contributed by atoms with Crippen molar-refractivity contribution < 1.29 is 0 Å². The van der Waals surface area contributed by atoms with E-state index in [1.807, 2.05) is 48.5 Å². The van der Waals surface area contributed by atoms with Gasteiger partial charge in [-0.3, -0.25) is 0 Å². The monoisotopic (exact) mass is 326 g/mol. The highest BCUT2D eigenvalue weighted by Gasteiger charge is 2.05. The number of nitrogens with two attached hydrogens (primary N) is 1. The highest BCUT2D eigenvalue weighted by molar-refractivity contribution is 9.10. The summed E-state index contributed by atoms with van der Waals surface area (Å²) in [5.74, 6) is 0.379. The van der Waals surface area contributed by atoms with Gasteiger partial charge in [0.05, 0.1) is 5.69 Å². The Balaban J connectivity index is 2.06. The molecule has 20 heavy (non-hydrogen) atoms. The predicted molar refractivity (Wildman–Crippen MR) is 84.5 cm³/mol. The quantitative estimate of drug-likeness (QED) is 0.674. The minimum absolute atomic E-state index is 0.379. The Kier molecular flexibility index (Phi) is 3.43. The molecule has 0 saturated carbocycles. The highest BCUT2D eigenvalue weighted by atomic mass is 79.9. The molecule has 1 aromatic heterocycles. The third-order valence-corrected chi connectivity index (χ3v) is 3.42. The first kappa shape index (κ1) is 12.7. The first-order valence-corrected chi connectivity index (χ1v) is 6.84. The van der Waals surface area contributed by atoms with Gasteiger partial charge in [0.1, 0.15) is 5.69 Å². The Morgan fingerprint density at radius 2 is 1.70 bits per heavy atom. The van der Waals surface area contributed by atoms with Gasteiger partial charge in [-0.2, -0.15) is 5.11 Å². The predicted octanol–water partition coefficient (Wildman–Crippen LogP) is 4.99. The number of nitrogens with zero attached hydrogens (tertiary/aromatic N) is 3. The van der Waals surface area contributed by atoms with Crippen LogP contribution in [0.4, 0.5) is 17.2 Å². The van der Waals surface area contributed by atoms with Crippen LogP contribution in [0.15, 0.2) is 69.4 Å². The molecule has 0 atom stereocenters. The van der Waals surface area contributed by atoms with Gasteiger partial charge in [0, 0.05) is 21.4 Å². The number of anilines is 1. The number of hydrogen-bond acceptors (Lipinski definition) is 4. The second-order valence-electron chi connectivity index (χ2n) is 4.26. The fraction of sp³-hybridized carbons (Fsp3) is 0. The van der Waals surface area contributed by atoms with Gasteiger partial charge in [-0.1, -0.05) is 40.2 Å². The van der Waals surface area contributed by atoms with Crippen molar-refractivity contribution in [2.24, 2.45) is 10.2 Å². The van der Waals surface area contributed by atoms with Gasteiger partial charge in [0.2, 0.25) is 0 Å². The number of azo groups is 1. The Bertz CT molecular complexity index is 781. The van der Waals surface area contributed by atoms with Crippen molar-refractivity contribution in [3.63, 3.8) is 0 Å². The number of benzene rings is 2. The maximum atomic E-state index is 5.90. The van der Waals surface area contributed by atoms with Crippen LogP contribution in [0.3, 0.4) is 0 Å². The molecule has 0 aliphatic heterocycles. The van der Waals surface area contributed by atoms with Gasteiger partial charge < -0.3 is 5.73 Å². The lowest BCUT2D eigenvalue weighted by atomic mass is 10.1. The van der Waals surface area contributed by atoms with E-state index < -0.39 is 0 Å². The molecule has 0 fully saturated rings. The van der Waals surface area contributed by atoms with Crippen LogP contribution in [0, 0.1) is 0 Å². The summed E-state index contributed by atoms with van der Waals surface area (Å²) in [4.78, 5) is 4.15. The molecule has 3 aromatic rings. The summed E-state index contributed by atoms with van der Waals surface area (Å²) >= 11 is 3.38. The molecule has 0 spiro atoms. The van der Waals surface area contributed by atoms with E-state index in [0.29, 0.717) is 11.5 Å². The zero-order chi connectivity index (χ0) is 13.9. The van der Waals surface area contributed by atoms with Crippen LogP contribution >= 0.6 is 15.9 Å². The fourth-order valence-corrected chi connectivity index (χ4v) is 2.15. The van der Waals surface area contributed by atoms with Crippen molar-refractivity contribution in [2.45, 2.75) is 0 Å². The Labute approximate surface area is 124 Å². The highest BCUT2D eigenvalue weighted by Crippen LogP contribution is 2.31. The second kappa shape index (κ2) is 5.38. The Morgan fingerprint density at radius 1 is 0.950 bits per heavy atom. The molecule has 0 unspecified atom stereocenters. The summed E-state index contributed by atoms with van der Waals surface area (Å²) in [7, 11) is 0. The average molecular weight is 327 g/mol. The normalized spacial score (nSPS) is 11.2. The van der Waals surface area contributed by atoms with Crippen molar-refractivity contribution in [3.8, 4) is 0 Å². The van der Waals surface area contributed by atoms with Gasteiger partial charge in [0.25, 0.3) is 0 Å². The summed E-state index contributed by atoms with van der Waals surface area (Å²) in [5, 5.41) is 10.4. The van der Waals surface area contributed by atoms with Gasteiger partial charge in [-0.05, 0) is 24.3 Å². The molecule has 0 aliphatic rings. The average Bonchev–Trinajstić information content (AvgIpc) is 2.48. The van der Waals surface area contributed by atoms with E-state index in [1.54, 1.807) is 6.20 Å². The summed E-state index contributed by atoms with van der Waals surface area (Å²) in [6.45, 7) is 0. The number of hydrogen-bond donors (Lipinski definition) is 1. The lowest BCUT2D eigenvalue weighted by molar-refractivity contribution is 1.22. The van der Waals surface area contributed by atoms with Gasteiger partial charge in [-0.25, -0.2) is 4.98 Å². The van der Waals surface area contributed by atoms with Crippen molar-refractivity contribution in [3.05, 3.63) is 59.2 Å². The molecule has 0 bridgehead atoms.